The molecule has 1 aliphatic heterocycles. The number of ether oxygens (including phenoxy) is 1. The maximum absolute atomic E-state index is 13.6. The van der Waals surface area contributed by atoms with Crippen LogP contribution in [-0.2, 0) is 9.59 Å². The summed E-state index contributed by atoms with van der Waals surface area (Å²) in [7, 11) is 0. The van der Waals surface area contributed by atoms with Crippen LogP contribution in [0.1, 0.15) is 29.7 Å². The molecule has 6 nitrogen and oxygen atoms in total. The quantitative estimate of drug-likeness (QED) is 0.180. The molecule has 0 aliphatic carbocycles. The molecule has 37 heavy (non-hydrogen) atoms. The average Bonchev–Trinajstić information content (AvgIpc) is 3.16. The number of fused-ring (bicyclic) bond motifs is 1. The maximum atomic E-state index is 13.6. The highest BCUT2D eigenvalue weighted by molar-refractivity contribution is 6.52. The minimum Gasteiger partial charge on any atom is -0.507 e. The van der Waals surface area contributed by atoms with Crippen LogP contribution in [0.3, 0.4) is 0 Å². The van der Waals surface area contributed by atoms with Crippen LogP contribution in [-0.4, -0.2) is 28.5 Å². The van der Waals surface area contributed by atoms with Crippen LogP contribution in [0.2, 0.25) is 5.02 Å². The number of phenolic OH excluding ortho intramolecular Hbond substituents is 1. The number of hydrogen-bond acceptors (Lipinski definition) is 5. The van der Waals surface area contributed by atoms with E-state index in [-0.39, 0.29) is 22.8 Å². The molecule has 0 spiro atoms. The summed E-state index contributed by atoms with van der Waals surface area (Å²) in [6.45, 7) is 3.91. The molecule has 1 saturated heterocycles. The Kier molecular flexibility index (Phi) is 6.36. The Morgan fingerprint density at radius 3 is 2.54 bits per heavy atom. The Balaban J connectivity index is 1.81. The van der Waals surface area contributed by atoms with Gasteiger partial charge in [-0.3, -0.25) is 14.5 Å². The van der Waals surface area contributed by atoms with Gasteiger partial charge in [-0.05, 0) is 60.0 Å². The lowest BCUT2D eigenvalue weighted by molar-refractivity contribution is -0.132. The summed E-state index contributed by atoms with van der Waals surface area (Å²) in [5.41, 5.74) is 2.04. The number of Topliss-reactive ketones (excluding diaryl/α,β-unsaturated/α-hetero) is 1. The molecule has 7 heteroatoms. The molecule has 1 amide bonds. The first-order chi connectivity index (χ1) is 17.8. The fourth-order valence-corrected chi connectivity index (χ4v) is 4.95. The van der Waals surface area contributed by atoms with E-state index in [1.54, 1.807) is 49.4 Å². The highest BCUT2D eigenvalue weighted by Gasteiger charge is 2.47. The molecular weight excluding hydrogens is 490 g/mol. The van der Waals surface area contributed by atoms with Crippen molar-refractivity contribution in [3.63, 3.8) is 0 Å². The molecule has 0 radical (unpaired) electrons. The number of nitrogens with zero attached hydrogens (tertiary/aromatic N) is 1. The van der Waals surface area contributed by atoms with Crippen molar-refractivity contribution in [3.05, 3.63) is 106 Å². The van der Waals surface area contributed by atoms with Crippen molar-refractivity contribution in [2.24, 2.45) is 0 Å². The number of hydrogen-bond donors (Lipinski definition) is 2. The number of carbonyl (C=O) groups is 2. The second-order valence-electron chi connectivity index (χ2n) is 8.79. The highest BCUT2D eigenvalue weighted by Crippen LogP contribution is 2.45. The van der Waals surface area contributed by atoms with E-state index in [2.05, 4.69) is 0 Å². The van der Waals surface area contributed by atoms with Crippen molar-refractivity contribution in [1.82, 2.24) is 0 Å². The molecule has 4 aromatic carbocycles. The third kappa shape index (κ3) is 4.19. The van der Waals surface area contributed by atoms with Gasteiger partial charge in [0, 0.05) is 16.3 Å². The number of phenols is 1. The summed E-state index contributed by atoms with van der Waals surface area (Å²) >= 11 is 6.28. The summed E-state index contributed by atoms with van der Waals surface area (Å²) in [5.74, 6) is -1.76. The van der Waals surface area contributed by atoms with Crippen molar-refractivity contribution < 1.29 is 24.5 Å². The molecule has 1 heterocycles. The molecule has 1 aliphatic rings. The SMILES string of the molecule is CCOc1cc(C2/C(=C(\O)c3cccc4ccccc34)C(=O)C(=O)N2c2cc(Cl)ccc2C)ccc1O. The lowest BCUT2D eigenvalue weighted by atomic mass is 9.93. The average molecular weight is 514 g/mol. The van der Waals surface area contributed by atoms with Gasteiger partial charge in [-0.15, -0.1) is 0 Å². The number of anilines is 1. The Labute approximate surface area is 219 Å². The van der Waals surface area contributed by atoms with Crippen LogP contribution in [0.5, 0.6) is 11.5 Å². The molecule has 0 aromatic heterocycles. The summed E-state index contributed by atoms with van der Waals surface area (Å²) in [6.07, 6.45) is 0. The third-order valence-electron chi connectivity index (χ3n) is 6.52. The van der Waals surface area contributed by atoms with Crippen molar-refractivity contribution in [1.29, 1.82) is 0 Å². The van der Waals surface area contributed by atoms with Gasteiger partial charge in [0.25, 0.3) is 11.7 Å². The molecule has 186 valence electrons. The summed E-state index contributed by atoms with van der Waals surface area (Å²) < 4.78 is 5.57. The van der Waals surface area contributed by atoms with Gasteiger partial charge in [0.2, 0.25) is 0 Å². The molecule has 1 unspecified atom stereocenters. The second kappa shape index (κ2) is 9.64. The lowest BCUT2D eigenvalue weighted by Gasteiger charge is -2.27. The Bertz CT molecular complexity index is 1590. The fourth-order valence-electron chi connectivity index (χ4n) is 4.79. The fraction of sp³-hybridized carbons (Fsp3) is 0.133. The molecule has 1 fully saturated rings. The number of aliphatic hydroxyl groups is 1. The number of benzene rings is 4. The normalized spacial score (nSPS) is 16.9. The van der Waals surface area contributed by atoms with Crippen LogP contribution in [0.15, 0.2) is 84.4 Å². The van der Waals surface area contributed by atoms with Crippen molar-refractivity contribution in [2.75, 3.05) is 11.5 Å². The molecule has 2 N–H and O–H groups in total. The minimum atomic E-state index is -0.990. The summed E-state index contributed by atoms with van der Waals surface area (Å²) in [4.78, 5) is 28.5. The zero-order valence-corrected chi connectivity index (χ0v) is 21.0. The molecule has 0 bridgehead atoms. The van der Waals surface area contributed by atoms with Gasteiger partial charge in [0.1, 0.15) is 5.76 Å². The maximum Gasteiger partial charge on any atom is 0.300 e. The summed E-state index contributed by atoms with van der Waals surface area (Å²) in [6, 6.07) is 21.6. The number of rotatable bonds is 5. The van der Waals surface area contributed by atoms with E-state index in [0.717, 1.165) is 16.3 Å². The van der Waals surface area contributed by atoms with Crippen molar-refractivity contribution >= 4 is 45.5 Å². The van der Waals surface area contributed by atoms with E-state index in [0.29, 0.717) is 28.4 Å². The Hall–Kier alpha value is -4.29. The van der Waals surface area contributed by atoms with E-state index in [9.17, 15) is 19.8 Å². The number of aromatic hydroxyl groups is 1. The van der Waals surface area contributed by atoms with Crippen LogP contribution in [0.25, 0.3) is 16.5 Å². The van der Waals surface area contributed by atoms with Gasteiger partial charge in [0.05, 0.1) is 18.2 Å². The molecule has 5 rings (SSSR count). The number of ketones is 1. The zero-order valence-electron chi connectivity index (χ0n) is 20.2. The van der Waals surface area contributed by atoms with E-state index < -0.39 is 17.7 Å². The topological polar surface area (TPSA) is 87.1 Å². The van der Waals surface area contributed by atoms with Gasteiger partial charge in [0.15, 0.2) is 11.5 Å². The third-order valence-corrected chi connectivity index (χ3v) is 6.75. The standard InChI is InChI=1S/C30H24ClNO5/c1-3-37-25-15-19(12-14-24(25)33)27-26(28(34)22-10-6-8-18-7-4-5-9-21(18)22)29(35)30(36)32(27)23-16-20(31)13-11-17(23)2/h4-16,27,33-34H,3H2,1-2H3/b28-26+. The first kappa shape index (κ1) is 24.4. The zero-order chi connectivity index (χ0) is 26.3. The van der Waals surface area contributed by atoms with E-state index in [4.69, 9.17) is 16.3 Å². The van der Waals surface area contributed by atoms with E-state index >= 15 is 0 Å². The largest absolute Gasteiger partial charge is 0.507 e. The molecular formula is C30H24ClNO5. The Morgan fingerprint density at radius 2 is 1.76 bits per heavy atom. The monoisotopic (exact) mass is 513 g/mol. The van der Waals surface area contributed by atoms with Crippen molar-refractivity contribution in [3.8, 4) is 11.5 Å². The second-order valence-corrected chi connectivity index (χ2v) is 9.22. The first-order valence-corrected chi connectivity index (χ1v) is 12.2. The minimum absolute atomic E-state index is 0.0612. The van der Waals surface area contributed by atoms with Crippen molar-refractivity contribution in [2.45, 2.75) is 19.9 Å². The van der Waals surface area contributed by atoms with Gasteiger partial charge in [-0.1, -0.05) is 66.2 Å². The van der Waals surface area contributed by atoms with E-state index in [1.165, 1.54) is 11.0 Å². The van der Waals surface area contributed by atoms with Gasteiger partial charge in [-0.2, -0.15) is 0 Å². The summed E-state index contributed by atoms with van der Waals surface area (Å²) in [5, 5.41) is 23.9. The number of aryl methyl sites for hydroxylation is 1. The highest BCUT2D eigenvalue weighted by atomic mass is 35.5. The van der Waals surface area contributed by atoms with Crippen LogP contribution >= 0.6 is 11.6 Å². The number of amides is 1. The number of aliphatic hydroxyl groups excluding tert-OH is 1. The van der Waals surface area contributed by atoms with Gasteiger partial charge >= 0.3 is 0 Å². The molecule has 0 saturated carbocycles. The smallest absolute Gasteiger partial charge is 0.300 e. The molecule has 1 atom stereocenters. The van der Waals surface area contributed by atoms with Crippen LogP contribution in [0.4, 0.5) is 5.69 Å². The van der Waals surface area contributed by atoms with E-state index in [1.807, 2.05) is 37.3 Å². The number of halogens is 1. The van der Waals surface area contributed by atoms with Gasteiger partial charge < -0.3 is 14.9 Å². The molecule has 4 aromatic rings. The number of carbonyl (C=O) groups excluding carboxylic acids is 2. The predicted octanol–water partition coefficient (Wildman–Crippen LogP) is 6.53. The lowest BCUT2D eigenvalue weighted by Crippen LogP contribution is -2.30. The van der Waals surface area contributed by atoms with Gasteiger partial charge in [-0.25, -0.2) is 0 Å². The Morgan fingerprint density at radius 1 is 1.00 bits per heavy atom. The van der Waals surface area contributed by atoms with Crippen LogP contribution in [0, 0.1) is 6.92 Å². The predicted molar refractivity (Wildman–Crippen MR) is 144 cm³/mol. The van der Waals surface area contributed by atoms with Crippen LogP contribution < -0.4 is 9.64 Å². The first-order valence-electron chi connectivity index (χ1n) is 11.8.